The van der Waals surface area contributed by atoms with E-state index in [1.807, 2.05) is 0 Å². The zero-order chi connectivity index (χ0) is 18.5. The maximum Gasteiger partial charge on any atom is 0.220 e. The predicted octanol–water partition coefficient (Wildman–Crippen LogP) is 3.28. The summed E-state index contributed by atoms with van der Waals surface area (Å²) in [6.07, 6.45) is 3.28. The molecule has 0 aromatic heterocycles. The number of nitrogens with one attached hydrogen (secondary N) is 1. The number of aryl methyl sites for hydroxylation is 1. The van der Waals surface area contributed by atoms with Crippen molar-refractivity contribution in [3.63, 3.8) is 0 Å². The van der Waals surface area contributed by atoms with Gasteiger partial charge in [0.2, 0.25) is 5.91 Å². The maximum atomic E-state index is 12.7. The molecule has 0 unspecified atom stereocenters. The van der Waals surface area contributed by atoms with Crippen LogP contribution >= 0.6 is 0 Å². The normalized spacial score (nSPS) is 22.8. The van der Waals surface area contributed by atoms with E-state index in [1.54, 1.807) is 0 Å². The van der Waals surface area contributed by atoms with Crippen molar-refractivity contribution in [2.24, 2.45) is 0 Å². The molecule has 1 N–H and O–H groups in total. The number of hydrogen-bond donors (Lipinski definition) is 1. The van der Waals surface area contributed by atoms with Crippen molar-refractivity contribution in [2.45, 2.75) is 57.5 Å². The Bertz CT molecular complexity index is 583. The SMILES string of the molecule is Cc1ccccc1[C@]1(CC(=O)NCCCN(C)C)CCOC(C)(C)C1. The van der Waals surface area contributed by atoms with E-state index in [2.05, 4.69) is 69.3 Å². The lowest BCUT2D eigenvalue weighted by Crippen LogP contribution is -2.47. The van der Waals surface area contributed by atoms with E-state index in [0.717, 1.165) is 32.4 Å². The lowest BCUT2D eigenvalue weighted by Gasteiger charge is -2.45. The number of rotatable bonds is 7. The van der Waals surface area contributed by atoms with Crippen LogP contribution in [0.4, 0.5) is 0 Å². The Kier molecular flexibility index (Phi) is 6.64. The van der Waals surface area contributed by atoms with Gasteiger partial charge in [-0.25, -0.2) is 0 Å². The molecule has 4 heteroatoms. The van der Waals surface area contributed by atoms with Crippen LogP contribution in [0.25, 0.3) is 0 Å². The summed E-state index contributed by atoms with van der Waals surface area (Å²) in [6, 6.07) is 8.49. The molecule has 1 fully saturated rings. The molecule has 4 nitrogen and oxygen atoms in total. The van der Waals surface area contributed by atoms with Crippen LogP contribution in [-0.4, -0.2) is 50.2 Å². The third-order valence-corrected chi connectivity index (χ3v) is 5.16. The zero-order valence-corrected chi connectivity index (χ0v) is 16.5. The average Bonchev–Trinajstić information content (AvgIpc) is 2.50. The summed E-state index contributed by atoms with van der Waals surface area (Å²) in [5.41, 5.74) is 2.22. The van der Waals surface area contributed by atoms with Gasteiger partial charge in [-0.3, -0.25) is 4.79 Å². The van der Waals surface area contributed by atoms with Gasteiger partial charge in [0.15, 0.2) is 0 Å². The molecule has 0 spiro atoms. The molecule has 140 valence electrons. The Morgan fingerprint density at radius 2 is 2.00 bits per heavy atom. The fourth-order valence-corrected chi connectivity index (χ4v) is 4.11. The largest absolute Gasteiger partial charge is 0.376 e. The number of amides is 1. The van der Waals surface area contributed by atoms with Crippen LogP contribution in [0.2, 0.25) is 0 Å². The van der Waals surface area contributed by atoms with Gasteiger partial charge in [-0.1, -0.05) is 24.3 Å². The molecule has 0 bridgehead atoms. The third kappa shape index (κ3) is 5.55. The molecule has 25 heavy (non-hydrogen) atoms. The summed E-state index contributed by atoms with van der Waals surface area (Å²) in [7, 11) is 4.11. The van der Waals surface area contributed by atoms with E-state index in [4.69, 9.17) is 4.74 Å². The van der Waals surface area contributed by atoms with Gasteiger partial charge < -0.3 is 15.0 Å². The minimum atomic E-state index is -0.203. The molecule has 1 heterocycles. The van der Waals surface area contributed by atoms with Gasteiger partial charge >= 0.3 is 0 Å². The summed E-state index contributed by atoms with van der Waals surface area (Å²) in [4.78, 5) is 14.8. The predicted molar refractivity (Wildman–Crippen MR) is 103 cm³/mol. The van der Waals surface area contributed by atoms with E-state index >= 15 is 0 Å². The van der Waals surface area contributed by atoms with Crippen molar-refractivity contribution in [3.8, 4) is 0 Å². The smallest absolute Gasteiger partial charge is 0.220 e. The second-order valence-corrected chi connectivity index (χ2v) is 8.31. The molecule has 1 atom stereocenters. The van der Waals surface area contributed by atoms with Crippen LogP contribution in [0.5, 0.6) is 0 Å². The summed E-state index contributed by atoms with van der Waals surface area (Å²) >= 11 is 0. The molecule has 2 rings (SSSR count). The van der Waals surface area contributed by atoms with Crippen molar-refractivity contribution in [2.75, 3.05) is 33.8 Å². The summed E-state index contributed by atoms with van der Waals surface area (Å²) in [5, 5.41) is 3.12. The molecule has 0 saturated carbocycles. The second kappa shape index (κ2) is 8.33. The molecule has 1 amide bonds. The first-order valence-electron chi connectivity index (χ1n) is 9.36. The van der Waals surface area contributed by atoms with Gasteiger partial charge in [0, 0.05) is 25.0 Å². The van der Waals surface area contributed by atoms with Crippen molar-refractivity contribution >= 4 is 5.91 Å². The first kappa shape index (κ1) is 19.9. The highest BCUT2D eigenvalue weighted by atomic mass is 16.5. The minimum absolute atomic E-state index is 0.140. The van der Waals surface area contributed by atoms with Gasteiger partial charge in [0.1, 0.15) is 0 Å². The Morgan fingerprint density at radius 1 is 1.28 bits per heavy atom. The van der Waals surface area contributed by atoms with E-state index in [-0.39, 0.29) is 16.9 Å². The highest BCUT2D eigenvalue weighted by molar-refractivity contribution is 5.77. The Hall–Kier alpha value is -1.39. The van der Waals surface area contributed by atoms with E-state index in [0.29, 0.717) is 13.0 Å². The van der Waals surface area contributed by atoms with Crippen molar-refractivity contribution < 1.29 is 9.53 Å². The number of benzene rings is 1. The monoisotopic (exact) mass is 346 g/mol. The molecule has 0 aliphatic carbocycles. The maximum absolute atomic E-state index is 12.7. The molecule has 1 aliphatic heterocycles. The van der Waals surface area contributed by atoms with Crippen LogP contribution in [0.1, 0.15) is 50.7 Å². The zero-order valence-electron chi connectivity index (χ0n) is 16.5. The molecule has 1 aliphatic rings. The van der Waals surface area contributed by atoms with Crippen LogP contribution < -0.4 is 5.32 Å². The van der Waals surface area contributed by atoms with Gasteiger partial charge in [0.25, 0.3) is 0 Å². The summed E-state index contributed by atoms with van der Waals surface area (Å²) < 4.78 is 5.95. The van der Waals surface area contributed by atoms with E-state index in [1.165, 1.54) is 11.1 Å². The van der Waals surface area contributed by atoms with Crippen LogP contribution in [-0.2, 0) is 14.9 Å². The Morgan fingerprint density at radius 3 is 2.64 bits per heavy atom. The fourth-order valence-electron chi connectivity index (χ4n) is 4.11. The summed E-state index contributed by atoms with van der Waals surface area (Å²) in [6.45, 7) is 8.84. The van der Waals surface area contributed by atoms with Gasteiger partial charge in [0.05, 0.1) is 5.60 Å². The highest BCUT2D eigenvalue weighted by Gasteiger charge is 2.44. The van der Waals surface area contributed by atoms with Crippen molar-refractivity contribution in [3.05, 3.63) is 35.4 Å². The van der Waals surface area contributed by atoms with Gasteiger partial charge in [-0.15, -0.1) is 0 Å². The number of carbonyl (C=O) groups excluding carboxylic acids is 1. The molecule has 1 aromatic rings. The topological polar surface area (TPSA) is 41.6 Å². The second-order valence-electron chi connectivity index (χ2n) is 8.31. The average molecular weight is 347 g/mol. The molecular weight excluding hydrogens is 312 g/mol. The fraction of sp³-hybridized carbons (Fsp3) is 0.667. The minimum Gasteiger partial charge on any atom is -0.376 e. The standard InChI is InChI=1S/C21H34N2O2/c1-17-9-6-7-10-18(17)21(11-14-25-20(2,3)16-21)15-19(24)22-12-8-13-23(4)5/h6-7,9-10H,8,11-16H2,1-5H3,(H,22,24)/t21-/m0/s1. The van der Waals surface area contributed by atoms with Crippen LogP contribution in [0, 0.1) is 6.92 Å². The molecular formula is C21H34N2O2. The molecule has 1 aromatic carbocycles. The lowest BCUT2D eigenvalue weighted by atomic mass is 9.66. The van der Waals surface area contributed by atoms with Crippen molar-refractivity contribution in [1.82, 2.24) is 10.2 Å². The van der Waals surface area contributed by atoms with Crippen molar-refractivity contribution in [1.29, 1.82) is 0 Å². The van der Waals surface area contributed by atoms with Crippen LogP contribution in [0.3, 0.4) is 0 Å². The van der Waals surface area contributed by atoms with Crippen LogP contribution in [0.15, 0.2) is 24.3 Å². The lowest BCUT2D eigenvalue weighted by molar-refractivity contribution is -0.126. The van der Waals surface area contributed by atoms with Gasteiger partial charge in [-0.05, 0) is 71.8 Å². The Labute approximate surface area is 152 Å². The third-order valence-electron chi connectivity index (χ3n) is 5.16. The molecule has 0 radical (unpaired) electrons. The first-order chi connectivity index (χ1) is 11.7. The van der Waals surface area contributed by atoms with Gasteiger partial charge in [-0.2, -0.15) is 0 Å². The Balaban J connectivity index is 2.13. The first-order valence-corrected chi connectivity index (χ1v) is 9.36. The van der Waals surface area contributed by atoms with E-state index < -0.39 is 0 Å². The quantitative estimate of drug-likeness (QED) is 0.771. The highest BCUT2D eigenvalue weighted by Crippen LogP contribution is 2.45. The number of nitrogens with zero attached hydrogens (tertiary/aromatic N) is 1. The molecule has 1 saturated heterocycles. The number of ether oxygens (including phenoxy) is 1. The number of hydrogen-bond acceptors (Lipinski definition) is 3. The van der Waals surface area contributed by atoms with E-state index in [9.17, 15) is 4.79 Å². The number of carbonyl (C=O) groups is 1. The summed E-state index contributed by atoms with van der Waals surface area (Å²) in [5.74, 6) is 0.153.